The maximum absolute atomic E-state index is 15.9. The van der Waals surface area contributed by atoms with Crippen molar-refractivity contribution in [2.75, 3.05) is 0 Å². The van der Waals surface area contributed by atoms with Crippen molar-refractivity contribution in [1.82, 2.24) is 4.40 Å². The van der Waals surface area contributed by atoms with Crippen LogP contribution in [0.2, 0.25) is 0 Å². The lowest BCUT2D eigenvalue weighted by atomic mass is 9.82. The van der Waals surface area contributed by atoms with E-state index in [9.17, 15) is 0 Å². The van der Waals surface area contributed by atoms with Gasteiger partial charge in [0.15, 0.2) is 6.20 Å². The van der Waals surface area contributed by atoms with Gasteiger partial charge in [-0.05, 0) is 85.1 Å². The third-order valence-corrected chi connectivity index (χ3v) is 9.48. The SMILES string of the molecule is Cc1c(F)c2c3ccccc3n3c4cc(C5CC6CCC5C6)cc5cc[n+](C)c(c(c1C)c23)c54. The van der Waals surface area contributed by atoms with Crippen LogP contribution in [0.3, 0.4) is 0 Å². The van der Waals surface area contributed by atoms with Crippen LogP contribution in [0, 0.1) is 31.5 Å². The number of fused-ring (bicyclic) bond motifs is 7. The molecule has 0 saturated heterocycles. The molecule has 168 valence electrons. The molecule has 0 radical (unpaired) electrons. The van der Waals surface area contributed by atoms with Crippen LogP contribution < -0.4 is 4.57 Å². The highest BCUT2D eigenvalue weighted by molar-refractivity contribution is 6.26. The van der Waals surface area contributed by atoms with Crippen molar-refractivity contribution in [3.8, 4) is 0 Å². The van der Waals surface area contributed by atoms with Crippen LogP contribution in [-0.4, -0.2) is 4.40 Å². The second-order valence-corrected chi connectivity index (χ2v) is 11.1. The molecule has 2 aliphatic rings. The third kappa shape index (κ3) is 2.15. The lowest BCUT2D eigenvalue weighted by Gasteiger charge is -2.23. The normalized spacial score (nSPS) is 22.5. The van der Waals surface area contributed by atoms with Crippen LogP contribution in [0.15, 0.2) is 48.7 Å². The topological polar surface area (TPSA) is 8.29 Å². The Balaban J connectivity index is 1.66. The fourth-order valence-electron chi connectivity index (χ4n) is 7.80. The van der Waals surface area contributed by atoms with Crippen molar-refractivity contribution in [3.05, 3.63) is 71.2 Å². The summed E-state index contributed by atoms with van der Waals surface area (Å²) in [6.07, 6.45) is 7.70. The van der Waals surface area contributed by atoms with Gasteiger partial charge in [-0.1, -0.05) is 30.7 Å². The summed E-state index contributed by atoms with van der Waals surface area (Å²) in [6.45, 7) is 4.02. The number of rotatable bonds is 1. The molecule has 3 atom stereocenters. The quantitative estimate of drug-likeness (QED) is 0.140. The van der Waals surface area contributed by atoms with E-state index in [2.05, 4.69) is 65.5 Å². The minimum absolute atomic E-state index is 0.0752. The van der Waals surface area contributed by atoms with E-state index in [0.29, 0.717) is 5.92 Å². The van der Waals surface area contributed by atoms with Gasteiger partial charge in [-0.15, -0.1) is 0 Å². The molecule has 0 amide bonds. The number of hydrogen-bond acceptors (Lipinski definition) is 0. The minimum Gasteiger partial charge on any atom is -0.307 e. The van der Waals surface area contributed by atoms with E-state index in [1.807, 2.05) is 13.0 Å². The van der Waals surface area contributed by atoms with Crippen LogP contribution >= 0.6 is 0 Å². The fraction of sp³-hybridized carbons (Fsp3) is 0.323. The number of para-hydroxylation sites is 1. The summed E-state index contributed by atoms with van der Waals surface area (Å²) in [6, 6.07) is 15.6. The van der Waals surface area contributed by atoms with Crippen molar-refractivity contribution < 1.29 is 8.96 Å². The molecule has 34 heavy (non-hydrogen) atoms. The van der Waals surface area contributed by atoms with E-state index >= 15 is 4.39 Å². The average Bonchev–Trinajstić information content (AvgIpc) is 3.57. The second kappa shape index (κ2) is 6.27. The Morgan fingerprint density at radius 3 is 2.56 bits per heavy atom. The molecule has 0 N–H and O–H groups in total. The van der Waals surface area contributed by atoms with Crippen LogP contribution in [0.25, 0.3) is 49.0 Å². The molecule has 3 heteroatoms. The Morgan fingerprint density at radius 1 is 0.912 bits per heavy atom. The maximum Gasteiger partial charge on any atom is 0.224 e. The monoisotopic (exact) mass is 447 g/mol. The molecule has 8 rings (SSSR count). The largest absolute Gasteiger partial charge is 0.307 e. The smallest absolute Gasteiger partial charge is 0.224 e. The summed E-state index contributed by atoms with van der Waals surface area (Å²) in [4.78, 5) is 0. The van der Waals surface area contributed by atoms with Gasteiger partial charge in [0.05, 0.1) is 27.3 Å². The number of pyridine rings is 2. The molecular weight excluding hydrogens is 419 g/mol. The summed E-state index contributed by atoms with van der Waals surface area (Å²) < 4.78 is 20.5. The maximum atomic E-state index is 15.9. The summed E-state index contributed by atoms with van der Waals surface area (Å²) in [5.41, 5.74) is 7.85. The van der Waals surface area contributed by atoms with Gasteiger partial charge in [-0.25, -0.2) is 8.96 Å². The molecular formula is C31H28FN2+. The van der Waals surface area contributed by atoms with Gasteiger partial charge >= 0.3 is 0 Å². The van der Waals surface area contributed by atoms with Gasteiger partial charge in [-0.3, -0.25) is 0 Å². The second-order valence-electron chi connectivity index (χ2n) is 11.1. The number of nitrogens with zero attached hydrogens (tertiary/aromatic N) is 2. The first-order valence-corrected chi connectivity index (χ1v) is 12.7. The molecule has 2 nitrogen and oxygen atoms in total. The standard InChI is InChI=1S/C31H28FN2/c1-16-17(2)29(32)28-22-6-4-5-7-24(22)34-25-15-21(23-13-18-8-9-19(23)12-18)14-20-10-11-33(3)30(27(20)25)26(16)31(28)34/h4-7,10-11,14-15,18-19,23H,8-9,12-13H2,1-3H3/q+1. The number of hydrogen-bond donors (Lipinski definition) is 0. The van der Waals surface area contributed by atoms with Crippen molar-refractivity contribution >= 4 is 49.0 Å². The highest BCUT2D eigenvalue weighted by Gasteiger charge is 2.40. The predicted octanol–water partition coefficient (Wildman–Crippen LogP) is 7.47. The molecule has 6 aromatic rings. The van der Waals surface area contributed by atoms with E-state index < -0.39 is 0 Å². The van der Waals surface area contributed by atoms with E-state index in [-0.39, 0.29) is 5.82 Å². The summed E-state index contributed by atoms with van der Waals surface area (Å²) in [5.74, 6) is 2.32. The highest BCUT2D eigenvalue weighted by Crippen LogP contribution is 2.54. The number of halogens is 1. The molecule has 2 aliphatic carbocycles. The Labute approximate surface area is 197 Å². The van der Waals surface area contributed by atoms with Gasteiger partial charge in [0.25, 0.3) is 0 Å². The zero-order chi connectivity index (χ0) is 22.9. The van der Waals surface area contributed by atoms with Crippen molar-refractivity contribution in [3.63, 3.8) is 0 Å². The summed E-state index contributed by atoms with van der Waals surface area (Å²) >= 11 is 0. The third-order valence-electron chi connectivity index (χ3n) is 9.48. The van der Waals surface area contributed by atoms with E-state index in [0.717, 1.165) is 44.8 Å². The van der Waals surface area contributed by atoms with Crippen LogP contribution in [0.4, 0.5) is 4.39 Å². The van der Waals surface area contributed by atoms with Gasteiger partial charge in [0.1, 0.15) is 12.9 Å². The van der Waals surface area contributed by atoms with E-state index in [1.54, 1.807) is 0 Å². The van der Waals surface area contributed by atoms with Crippen LogP contribution in [-0.2, 0) is 7.05 Å². The lowest BCUT2D eigenvalue weighted by Crippen LogP contribution is -2.29. The fourth-order valence-corrected chi connectivity index (χ4v) is 7.80. The summed E-state index contributed by atoms with van der Waals surface area (Å²) in [7, 11) is 2.13. The number of aromatic nitrogens is 2. The zero-order valence-electron chi connectivity index (χ0n) is 20.0. The molecule has 3 unspecified atom stereocenters. The molecule has 3 heterocycles. The first-order valence-electron chi connectivity index (χ1n) is 12.7. The van der Waals surface area contributed by atoms with Crippen LogP contribution in [0.5, 0.6) is 0 Å². The van der Waals surface area contributed by atoms with E-state index in [1.165, 1.54) is 58.4 Å². The zero-order valence-corrected chi connectivity index (χ0v) is 20.0. The van der Waals surface area contributed by atoms with Gasteiger partial charge in [-0.2, -0.15) is 0 Å². The first-order chi connectivity index (χ1) is 16.5. The van der Waals surface area contributed by atoms with Crippen LogP contribution in [0.1, 0.15) is 48.3 Å². The molecule has 2 fully saturated rings. The van der Waals surface area contributed by atoms with Crippen molar-refractivity contribution in [1.29, 1.82) is 0 Å². The molecule has 3 aromatic heterocycles. The molecule has 0 spiro atoms. The molecule has 2 bridgehead atoms. The van der Waals surface area contributed by atoms with Gasteiger partial charge < -0.3 is 4.40 Å². The Kier molecular flexibility index (Phi) is 3.53. The first kappa shape index (κ1) is 19.1. The van der Waals surface area contributed by atoms with Gasteiger partial charge in [0, 0.05) is 16.8 Å². The number of benzene rings is 3. The lowest BCUT2D eigenvalue weighted by molar-refractivity contribution is -0.643. The highest BCUT2D eigenvalue weighted by atomic mass is 19.1. The van der Waals surface area contributed by atoms with Gasteiger partial charge in [0.2, 0.25) is 5.52 Å². The predicted molar refractivity (Wildman–Crippen MR) is 137 cm³/mol. The van der Waals surface area contributed by atoms with Crippen molar-refractivity contribution in [2.24, 2.45) is 18.9 Å². The number of aryl methyl sites for hydroxylation is 2. The Bertz CT molecular complexity index is 1830. The minimum atomic E-state index is -0.0752. The molecule has 3 aromatic carbocycles. The summed E-state index contributed by atoms with van der Waals surface area (Å²) in [5, 5.41) is 5.55. The Hall–Kier alpha value is -3.20. The Morgan fingerprint density at radius 2 is 1.76 bits per heavy atom. The van der Waals surface area contributed by atoms with Crippen molar-refractivity contribution in [2.45, 2.75) is 45.4 Å². The van der Waals surface area contributed by atoms with E-state index in [4.69, 9.17) is 0 Å². The molecule has 2 saturated carbocycles. The average molecular weight is 448 g/mol. The molecule has 0 aliphatic heterocycles.